The zero-order chi connectivity index (χ0) is 29.3. The SMILES string of the molecule is CC[C@@]12C(=O)[C@@](C)(C(c3ccccc3)=C1c1ccccc1)[C@@]1(c3ccccc3)C(c3ccccc3)=C(C)C(=O)[C@@]21CC. The fourth-order valence-electron chi connectivity index (χ4n) is 9.98. The van der Waals surface area contributed by atoms with Crippen LogP contribution in [0, 0.1) is 16.2 Å². The molecule has 0 unspecified atom stereocenters. The number of hydrogen-bond donors (Lipinski definition) is 0. The van der Waals surface area contributed by atoms with Crippen LogP contribution in [0.15, 0.2) is 127 Å². The van der Waals surface area contributed by atoms with Crippen LogP contribution in [0.2, 0.25) is 0 Å². The predicted octanol–water partition coefficient (Wildman–Crippen LogP) is 8.99. The first-order chi connectivity index (χ1) is 20.4. The van der Waals surface area contributed by atoms with Gasteiger partial charge in [0.15, 0.2) is 11.6 Å². The average molecular weight is 549 g/mol. The van der Waals surface area contributed by atoms with E-state index in [1.54, 1.807) is 0 Å². The second-order valence-corrected chi connectivity index (χ2v) is 12.3. The summed E-state index contributed by atoms with van der Waals surface area (Å²) in [6.07, 6.45) is 1.10. The van der Waals surface area contributed by atoms with Gasteiger partial charge in [-0.15, -0.1) is 0 Å². The quantitative estimate of drug-likeness (QED) is 0.241. The molecule has 3 aliphatic carbocycles. The van der Waals surface area contributed by atoms with Crippen molar-refractivity contribution in [3.63, 3.8) is 0 Å². The molecule has 0 aliphatic heterocycles. The normalized spacial score (nSPS) is 29.9. The summed E-state index contributed by atoms with van der Waals surface area (Å²) in [4.78, 5) is 31.1. The molecule has 0 aromatic heterocycles. The number of ketones is 2. The van der Waals surface area contributed by atoms with Crippen LogP contribution in [0.25, 0.3) is 16.7 Å². The van der Waals surface area contributed by atoms with Crippen LogP contribution in [-0.4, -0.2) is 11.6 Å². The molecule has 2 heteroatoms. The fraction of sp³-hybridized carbons (Fsp3) is 0.250. The Hall–Kier alpha value is -4.30. The van der Waals surface area contributed by atoms with E-state index >= 15 is 9.59 Å². The van der Waals surface area contributed by atoms with E-state index < -0.39 is 21.7 Å². The molecular weight excluding hydrogens is 512 g/mol. The Morgan fingerprint density at radius 3 is 1.43 bits per heavy atom. The molecule has 4 atom stereocenters. The van der Waals surface area contributed by atoms with E-state index in [1.165, 1.54) is 0 Å². The van der Waals surface area contributed by atoms with E-state index in [9.17, 15) is 0 Å². The number of allylic oxidation sites excluding steroid dienone is 4. The highest BCUT2D eigenvalue weighted by molar-refractivity contribution is 6.33. The summed E-state index contributed by atoms with van der Waals surface area (Å²) >= 11 is 0. The van der Waals surface area contributed by atoms with Gasteiger partial charge in [0.05, 0.1) is 21.7 Å². The lowest BCUT2D eigenvalue weighted by atomic mass is 9.42. The maximum atomic E-state index is 15.8. The maximum Gasteiger partial charge on any atom is 0.167 e. The van der Waals surface area contributed by atoms with E-state index in [0.717, 1.165) is 44.5 Å². The van der Waals surface area contributed by atoms with Crippen molar-refractivity contribution < 1.29 is 9.59 Å². The Morgan fingerprint density at radius 1 is 0.548 bits per heavy atom. The number of carbonyl (C=O) groups is 2. The van der Waals surface area contributed by atoms with Crippen molar-refractivity contribution in [2.24, 2.45) is 16.2 Å². The Labute approximate surface area is 248 Å². The minimum atomic E-state index is -1.01. The maximum absolute atomic E-state index is 15.8. The topological polar surface area (TPSA) is 34.1 Å². The monoisotopic (exact) mass is 548 g/mol. The first-order valence-corrected chi connectivity index (χ1v) is 15.2. The van der Waals surface area contributed by atoms with E-state index in [-0.39, 0.29) is 11.6 Å². The molecule has 3 aliphatic rings. The van der Waals surface area contributed by atoms with Gasteiger partial charge in [0.25, 0.3) is 0 Å². The van der Waals surface area contributed by atoms with E-state index in [1.807, 2.05) is 55.5 Å². The van der Waals surface area contributed by atoms with Gasteiger partial charge >= 0.3 is 0 Å². The van der Waals surface area contributed by atoms with Gasteiger partial charge in [0.2, 0.25) is 0 Å². The van der Waals surface area contributed by atoms with Crippen molar-refractivity contribution in [1.82, 2.24) is 0 Å². The van der Waals surface area contributed by atoms with Crippen molar-refractivity contribution in [3.05, 3.63) is 149 Å². The number of carbonyl (C=O) groups excluding carboxylic acids is 2. The summed E-state index contributed by atoms with van der Waals surface area (Å²) in [6, 6.07) is 41.6. The number of benzene rings is 4. The third-order valence-electron chi connectivity index (χ3n) is 11.1. The zero-order valence-corrected chi connectivity index (χ0v) is 24.8. The number of Topliss-reactive ketones (excluding diaryl/α,β-unsaturated/α-hetero) is 2. The minimum Gasteiger partial charge on any atom is -0.298 e. The highest BCUT2D eigenvalue weighted by Crippen LogP contribution is 2.87. The predicted molar refractivity (Wildman–Crippen MR) is 170 cm³/mol. The van der Waals surface area contributed by atoms with Crippen LogP contribution < -0.4 is 0 Å². The average Bonchev–Trinajstić information content (AvgIpc) is 3.46. The van der Waals surface area contributed by atoms with Gasteiger partial charge in [-0.3, -0.25) is 9.59 Å². The molecule has 4 aromatic rings. The van der Waals surface area contributed by atoms with Crippen LogP contribution >= 0.6 is 0 Å². The standard InChI is InChI=1S/C40H36O2/c1-5-38-34(30-23-15-9-16-24-30)33(29-21-13-8-14-22-29)37(4,36(38)42)40(31-25-17-10-18-26-31)32(28-19-11-7-12-20-28)27(3)35(41)39(38,40)6-2/h7-26H,5-6H2,1-4H3/t37-,38+,39+,40-/m1/s1. The number of fused-ring (bicyclic) bond motifs is 5. The van der Waals surface area contributed by atoms with Gasteiger partial charge < -0.3 is 0 Å². The van der Waals surface area contributed by atoms with Gasteiger partial charge in [-0.1, -0.05) is 135 Å². The van der Waals surface area contributed by atoms with Gasteiger partial charge in [-0.05, 0) is 71.2 Å². The van der Waals surface area contributed by atoms with Crippen LogP contribution in [0.3, 0.4) is 0 Å². The smallest absolute Gasteiger partial charge is 0.167 e. The van der Waals surface area contributed by atoms with Crippen LogP contribution in [0.1, 0.15) is 62.8 Å². The number of hydrogen-bond acceptors (Lipinski definition) is 2. The fourth-order valence-corrected chi connectivity index (χ4v) is 9.98. The molecule has 7 rings (SSSR count). The molecule has 0 N–H and O–H groups in total. The highest BCUT2D eigenvalue weighted by Gasteiger charge is 2.89. The first-order valence-electron chi connectivity index (χ1n) is 15.2. The van der Waals surface area contributed by atoms with Gasteiger partial charge in [0, 0.05) is 0 Å². The molecule has 0 radical (unpaired) electrons. The minimum absolute atomic E-state index is 0.118. The third kappa shape index (κ3) is 2.68. The van der Waals surface area contributed by atoms with Gasteiger partial charge in [-0.2, -0.15) is 0 Å². The molecule has 208 valence electrons. The molecule has 2 nitrogen and oxygen atoms in total. The second-order valence-electron chi connectivity index (χ2n) is 12.3. The molecule has 0 saturated heterocycles. The Bertz CT molecular complexity index is 1780. The molecule has 0 heterocycles. The Kier molecular flexibility index (Phi) is 5.76. The summed E-state index contributed by atoms with van der Waals surface area (Å²) in [7, 11) is 0. The molecule has 0 amide bonds. The second kappa shape index (κ2) is 9.10. The summed E-state index contributed by atoms with van der Waals surface area (Å²) in [5.74, 6) is 0.294. The molecular formula is C40H36O2. The van der Waals surface area contributed by atoms with Crippen LogP contribution in [0.4, 0.5) is 0 Å². The van der Waals surface area contributed by atoms with Crippen molar-refractivity contribution in [1.29, 1.82) is 0 Å². The van der Waals surface area contributed by atoms with E-state index in [2.05, 4.69) is 93.6 Å². The van der Waals surface area contributed by atoms with Gasteiger partial charge in [0.1, 0.15) is 0 Å². The molecule has 42 heavy (non-hydrogen) atoms. The lowest BCUT2D eigenvalue weighted by Crippen LogP contribution is -2.58. The molecule has 4 aromatic carbocycles. The van der Waals surface area contributed by atoms with Crippen LogP contribution in [-0.2, 0) is 15.0 Å². The number of rotatable bonds is 6. The highest BCUT2D eigenvalue weighted by atomic mass is 16.1. The lowest BCUT2D eigenvalue weighted by Gasteiger charge is -2.57. The first kappa shape index (κ1) is 26.6. The molecule has 1 saturated carbocycles. The van der Waals surface area contributed by atoms with E-state index in [0.29, 0.717) is 12.8 Å². The summed E-state index contributed by atoms with van der Waals surface area (Å²) in [6.45, 7) is 8.43. The molecule has 2 bridgehead atoms. The van der Waals surface area contributed by atoms with Crippen molar-refractivity contribution >= 4 is 28.3 Å². The summed E-state index contributed by atoms with van der Waals surface area (Å²) < 4.78 is 0. The third-order valence-corrected chi connectivity index (χ3v) is 11.1. The van der Waals surface area contributed by atoms with Crippen molar-refractivity contribution in [2.75, 3.05) is 0 Å². The largest absolute Gasteiger partial charge is 0.298 e. The van der Waals surface area contributed by atoms with Crippen molar-refractivity contribution in [2.45, 2.75) is 46.0 Å². The lowest BCUT2D eigenvalue weighted by molar-refractivity contribution is -0.137. The summed E-state index contributed by atoms with van der Waals surface area (Å²) in [5, 5.41) is 0. The zero-order valence-electron chi connectivity index (χ0n) is 24.8. The van der Waals surface area contributed by atoms with Crippen molar-refractivity contribution in [3.8, 4) is 0 Å². The van der Waals surface area contributed by atoms with Gasteiger partial charge in [-0.25, -0.2) is 0 Å². The van der Waals surface area contributed by atoms with E-state index in [4.69, 9.17) is 0 Å². The Balaban J connectivity index is 1.77. The molecule has 0 spiro atoms. The summed E-state index contributed by atoms with van der Waals surface area (Å²) in [5.41, 5.74) is 4.13. The Morgan fingerprint density at radius 2 is 0.976 bits per heavy atom. The van der Waals surface area contributed by atoms with Crippen LogP contribution in [0.5, 0.6) is 0 Å². The molecule has 1 fully saturated rings.